The number of anilines is 2. The number of aliphatic imine (C=N–C) groups is 1. The summed E-state index contributed by atoms with van der Waals surface area (Å²) in [5, 5.41) is 26.8. The van der Waals surface area contributed by atoms with Crippen LogP contribution in [-0.2, 0) is 0 Å². The lowest BCUT2D eigenvalue weighted by molar-refractivity contribution is 0.197. The number of phenols is 1. The number of aromatic hydroxyl groups is 1. The Morgan fingerprint density at radius 1 is 1.35 bits per heavy atom. The zero-order valence-corrected chi connectivity index (χ0v) is 14.8. The Kier molecular flexibility index (Phi) is 5.38. The summed E-state index contributed by atoms with van der Waals surface area (Å²) in [5.41, 5.74) is 3.60. The number of phenolic OH excluding ortho intramolecular Hbond substituents is 1. The van der Waals surface area contributed by atoms with Gasteiger partial charge in [0, 0.05) is 18.5 Å². The molecule has 0 aliphatic heterocycles. The molecule has 7 heteroatoms. The summed E-state index contributed by atoms with van der Waals surface area (Å²) in [5.74, 6) is 0.580. The highest BCUT2D eigenvalue weighted by Gasteiger charge is 2.16. The van der Waals surface area contributed by atoms with E-state index in [9.17, 15) is 5.11 Å². The van der Waals surface area contributed by atoms with E-state index in [4.69, 9.17) is 9.84 Å². The number of ether oxygens (including phenoxy) is 1. The Labute approximate surface area is 151 Å². The first-order valence-electron chi connectivity index (χ1n) is 8.48. The lowest BCUT2D eigenvalue weighted by atomic mass is 10.1. The SMILES string of the molecule is CCC=Nc1cc(O)c(C)cc1Nc1c(OCCO)nn2ccccc12. The Morgan fingerprint density at radius 2 is 2.19 bits per heavy atom. The van der Waals surface area contributed by atoms with Crippen molar-refractivity contribution in [1.29, 1.82) is 0 Å². The van der Waals surface area contributed by atoms with Gasteiger partial charge in [0.25, 0.3) is 5.88 Å². The fourth-order valence-corrected chi connectivity index (χ4v) is 2.55. The number of fused-ring (bicyclic) bond motifs is 1. The monoisotopic (exact) mass is 354 g/mol. The Bertz CT molecular complexity index is 934. The zero-order chi connectivity index (χ0) is 18.5. The van der Waals surface area contributed by atoms with Crippen LogP contribution >= 0.6 is 0 Å². The Morgan fingerprint density at radius 3 is 2.96 bits per heavy atom. The van der Waals surface area contributed by atoms with Crippen molar-refractivity contribution in [2.45, 2.75) is 20.3 Å². The van der Waals surface area contributed by atoms with E-state index in [1.807, 2.05) is 44.3 Å². The van der Waals surface area contributed by atoms with Crippen LogP contribution in [0, 0.1) is 6.92 Å². The van der Waals surface area contributed by atoms with Crippen molar-refractivity contribution in [2.24, 2.45) is 4.99 Å². The van der Waals surface area contributed by atoms with E-state index < -0.39 is 0 Å². The molecule has 0 atom stereocenters. The van der Waals surface area contributed by atoms with Gasteiger partial charge in [0.1, 0.15) is 18.0 Å². The molecule has 3 N–H and O–H groups in total. The van der Waals surface area contributed by atoms with Gasteiger partial charge in [-0.05, 0) is 37.1 Å². The molecule has 0 fully saturated rings. The van der Waals surface area contributed by atoms with Crippen molar-refractivity contribution in [3.63, 3.8) is 0 Å². The quantitative estimate of drug-likeness (QED) is 0.446. The molecule has 0 aliphatic rings. The van der Waals surface area contributed by atoms with Gasteiger partial charge >= 0.3 is 0 Å². The topological polar surface area (TPSA) is 91.4 Å². The van der Waals surface area contributed by atoms with Crippen LogP contribution in [0.3, 0.4) is 0 Å². The molecule has 0 saturated carbocycles. The molecule has 0 amide bonds. The van der Waals surface area contributed by atoms with Crippen LogP contribution in [0.2, 0.25) is 0 Å². The van der Waals surface area contributed by atoms with Gasteiger partial charge in [-0.1, -0.05) is 13.0 Å². The number of aromatic nitrogens is 2. The van der Waals surface area contributed by atoms with E-state index in [2.05, 4.69) is 15.4 Å². The summed E-state index contributed by atoms with van der Waals surface area (Å²) in [6.45, 7) is 3.87. The van der Waals surface area contributed by atoms with Crippen LogP contribution in [0.5, 0.6) is 11.6 Å². The van der Waals surface area contributed by atoms with Gasteiger partial charge in [0.05, 0.1) is 23.5 Å². The second-order valence-electron chi connectivity index (χ2n) is 5.78. The first-order chi connectivity index (χ1) is 12.6. The maximum absolute atomic E-state index is 10.0. The summed E-state index contributed by atoms with van der Waals surface area (Å²) in [7, 11) is 0. The maximum atomic E-state index is 10.0. The number of nitrogens with zero attached hydrogens (tertiary/aromatic N) is 3. The van der Waals surface area contributed by atoms with Crippen LogP contribution in [0.15, 0.2) is 41.5 Å². The molecule has 1 aromatic carbocycles. The highest BCUT2D eigenvalue weighted by atomic mass is 16.5. The van der Waals surface area contributed by atoms with Gasteiger partial charge < -0.3 is 20.3 Å². The van der Waals surface area contributed by atoms with Crippen molar-refractivity contribution < 1.29 is 14.9 Å². The van der Waals surface area contributed by atoms with E-state index in [0.717, 1.165) is 23.2 Å². The molecule has 0 bridgehead atoms. The normalized spacial score (nSPS) is 11.3. The molecular formula is C19H22N4O3. The Balaban J connectivity index is 2.08. The summed E-state index contributed by atoms with van der Waals surface area (Å²) in [6, 6.07) is 9.17. The molecule has 0 spiro atoms. The second kappa shape index (κ2) is 7.88. The van der Waals surface area contributed by atoms with Crippen molar-refractivity contribution >= 4 is 28.8 Å². The third-order valence-electron chi connectivity index (χ3n) is 3.82. The summed E-state index contributed by atoms with van der Waals surface area (Å²) >= 11 is 0. The van der Waals surface area contributed by atoms with E-state index in [1.54, 1.807) is 16.8 Å². The average molecular weight is 354 g/mol. The smallest absolute Gasteiger partial charge is 0.258 e. The van der Waals surface area contributed by atoms with Crippen LogP contribution < -0.4 is 10.1 Å². The van der Waals surface area contributed by atoms with E-state index in [0.29, 0.717) is 17.3 Å². The molecule has 0 unspecified atom stereocenters. The van der Waals surface area contributed by atoms with Crippen molar-refractivity contribution in [1.82, 2.24) is 9.61 Å². The lowest BCUT2D eigenvalue weighted by Crippen LogP contribution is -2.04. The number of rotatable bonds is 7. The largest absolute Gasteiger partial charge is 0.508 e. The van der Waals surface area contributed by atoms with Gasteiger partial charge in [-0.25, -0.2) is 4.52 Å². The van der Waals surface area contributed by atoms with E-state index in [1.165, 1.54) is 0 Å². The number of hydrogen-bond donors (Lipinski definition) is 3. The second-order valence-corrected chi connectivity index (χ2v) is 5.78. The van der Waals surface area contributed by atoms with Crippen molar-refractivity contribution in [3.05, 3.63) is 42.1 Å². The molecule has 0 saturated heterocycles. The van der Waals surface area contributed by atoms with Crippen LogP contribution in [0.1, 0.15) is 18.9 Å². The van der Waals surface area contributed by atoms with E-state index >= 15 is 0 Å². The fraction of sp³-hybridized carbons (Fsp3) is 0.263. The number of aliphatic hydroxyl groups is 1. The van der Waals surface area contributed by atoms with Gasteiger partial charge in [-0.2, -0.15) is 0 Å². The third kappa shape index (κ3) is 3.62. The Hall–Kier alpha value is -3.06. The third-order valence-corrected chi connectivity index (χ3v) is 3.82. The van der Waals surface area contributed by atoms with Crippen LogP contribution in [0.25, 0.3) is 5.52 Å². The van der Waals surface area contributed by atoms with Gasteiger partial charge in [0.2, 0.25) is 0 Å². The highest BCUT2D eigenvalue weighted by molar-refractivity contribution is 5.86. The average Bonchev–Trinajstić information content (AvgIpc) is 2.99. The van der Waals surface area contributed by atoms with Gasteiger partial charge in [-0.15, -0.1) is 5.10 Å². The first-order valence-corrected chi connectivity index (χ1v) is 8.48. The molecule has 0 radical (unpaired) electrons. The molecule has 3 aromatic rings. The fourth-order valence-electron chi connectivity index (χ4n) is 2.55. The summed E-state index contributed by atoms with van der Waals surface area (Å²) in [4.78, 5) is 4.42. The highest BCUT2D eigenvalue weighted by Crippen LogP contribution is 2.38. The number of aryl methyl sites for hydroxylation is 1. The number of nitrogens with one attached hydrogen (secondary N) is 1. The predicted octanol–water partition coefficient (Wildman–Crippen LogP) is 3.58. The molecular weight excluding hydrogens is 332 g/mol. The van der Waals surface area contributed by atoms with Gasteiger partial charge in [-0.3, -0.25) is 4.99 Å². The number of pyridine rings is 1. The van der Waals surface area contributed by atoms with E-state index in [-0.39, 0.29) is 19.0 Å². The van der Waals surface area contributed by atoms with Crippen molar-refractivity contribution in [3.8, 4) is 11.6 Å². The minimum absolute atomic E-state index is 0.0995. The minimum Gasteiger partial charge on any atom is -0.508 e. The molecule has 0 aliphatic carbocycles. The van der Waals surface area contributed by atoms with Crippen LogP contribution in [0.4, 0.5) is 17.1 Å². The zero-order valence-electron chi connectivity index (χ0n) is 14.8. The molecule has 7 nitrogen and oxygen atoms in total. The lowest BCUT2D eigenvalue weighted by Gasteiger charge is -2.12. The summed E-state index contributed by atoms with van der Waals surface area (Å²) < 4.78 is 7.29. The van der Waals surface area contributed by atoms with Crippen molar-refractivity contribution in [2.75, 3.05) is 18.5 Å². The number of benzene rings is 1. The molecule has 3 rings (SSSR count). The summed E-state index contributed by atoms with van der Waals surface area (Å²) in [6.07, 6.45) is 4.40. The maximum Gasteiger partial charge on any atom is 0.258 e. The number of hydrogen-bond acceptors (Lipinski definition) is 6. The first kappa shape index (κ1) is 17.8. The van der Waals surface area contributed by atoms with Crippen LogP contribution in [-0.4, -0.2) is 39.3 Å². The minimum atomic E-state index is -0.0995. The molecule has 136 valence electrons. The van der Waals surface area contributed by atoms with Gasteiger partial charge in [0.15, 0.2) is 0 Å². The molecule has 2 heterocycles. The molecule has 26 heavy (non-hydrogen) atoms. The number of aliphatic hydroxyl groups excluding tert-OH is 1. The standard InChI is InChI=1S/C19H22N4O3/c1-3-7-20-14-12-17(25)13(2)11-15(14)21-18-16-6-4-5-8-23(16)22-19(18)26-10-9-24/h4-8,11-12,21,24-25H,3,9-10H2,1-2H3. The molecule has 2 aromatic heterocycles. The predicted molar refractivity (Wildman–Crippen MR) is 102 cm³/mol.